The number of amides is 3. The van der Waals surface area contributed by atoms with Gasteiger partial charge in [-0.05, 0) is 25.5 Å². The van der Waals surface area contributed by atoms with Crippen LogP contribution in [0.25, 0.3) is 0 Å². The molecular formula is C21H28N4O5S. The lowest BCUT2D eigenvalue weighted by Crippen LogP contribution is -2.64. The number of hydrogen-bond acceptors (Lipinski definition) is 6. The molecule has 1 atom stereocenters. The largest absolute Gasteiger partial charge is 0.339 e. The third-order valence-electron chi connectivity index (χ3n) is 6.54. The van der Waals surface area contributed by atoms with Crippen LogP contribution in [0.5, 0.6) is 0 Å². The van der Waals surface area contributed by atoms with Crippen molar-refractivity contribution in [1.29, 1.82) is 0 Å². The summed E-state index contributed by atoms with van der Waals surface area (Å²) >= 11 is 0. The van der Waals surface area contributed by atoms with Crippen molar-refractivity contribution in [2.45, 2.75) is 25.4 Å². The van der Waals surface area contributed by atoms with Crippen LogP contribution in [-0.2, 0) is 19.4 Å². The number of sulfone groups is 1. The van der Waals surface area contributed by atoms with E-state index in [1.54, 1.807) is 32.9 Å². The topological polar surface area (TPSA) is 98.3 Å². The van der Waals surface area contributed by atoms with Gasteiger partial charge >= 0.3 is 0 Å². The highest BCUT2D eigenvalue weighted by Crippen LogP contribution is 2.43. The first-order valence-electron chi connectivity index (χ1n) is 10.5. The lowest BCUT2D eigenvalue weighted by Gasteiger charge is -2.49. The number of rotatable bonds is 5. The minimum Gasteiger partial charge on any atom is -0.339 e. The molecule has 0 aromatic heterocycles. The summed E-state index contributed by atoms with van der Waals surface area (Å²) < 4.78 is 22.7. The minimum atomic E-state index is -3.02. The van der Waals surface area contributed by atoms with E-state index in [4.69, 9.17) is 0 Å². The Balaban J connectivity index is 1.46. The molecule has 10 heteroatoms. The number of piperazine rings is 1. The molecule has 0 spiro atoms. The number of fused-ring (bicyclic) bond motifs is 3. The molecule has 3 aliphatic heterocycles. The maximum Gasteiger partial charge on any atom is 0.258 e. The van der Waals surface area contributed by atoms with Crippen molar-refractivity contribution in [2.75, 3.05) is 56.2 Å². The molecule has 168 valence electrons. The summed E-state index contributed by atoms with van der Waals surface area (Å²) in [6.45, 7) is 4.39. The normalized spacial score (nSPS) is 24.4. The van der Waals surface area contributed by atoms with Gasteiger partial charge in [-0.25, -0.2) is 8.42 Å². The fourth-order valence-electron chi connectivity index (χ4n) is 4.69. The van der Waals surface area contributed by atoms with Crippen molar-refractivity contribution < 1.29 is 22.8 Å². The minimum absolute atomic E-state index is 0.0422. The Bertz CT molecular complexity index is 1020. The van der Waals surface area contributed by atoms with Gasteiger partial charge in [-0.3, -0.25) is 24.2 Å². The lowest BCUT2D eigenvalue weighted by atomic mass is 9.98. The van der Waals surface area contributed by atoms with Crippen LogP contribution < -0.4 is 4.90 Å². The summed E-state index contributed by atoms with van der Waals surface area (Å²) in [6, 6.07) is 7.04. The zero-order valence-corrected chi connectivity index (χ0v) is 18.7. The molecule has 3 heterocycles. The summed E-state index contributed by atoms with van der Waals surface area (Å²) in [5.74, 6) is -0.329. The van der Waals surface area contributed by atoms with E-state index < -0.39 is 15.5 Å². The van der Waals surface area contributed by atoms with Crippen LogP contribution in [0.15, 0.2) is 24.3 Å². The summed E-state index contributed by atoms with van der Waals surface area (Å²) in [5.41, 5.74) is 0.199. The number of para-hydroxylation sites is 1. The second-order valence-corrected chi connectivity index (χ2v) is 11.0. The van der Waals surface area contributed by atoms with E-state index in [9.17, 15) is 22.8 Å². The molecule has 0 saturated carbocycles. The maximum absolute atomic E-state index is 13.3. The molecule has 2 saturated heterocycles. The molecule has 9 nitrogen and oxygen atoms in total. The molecule has 0 radical (unpaired) electrons. The first-order chi connectivity index (χ1) is 14.6. The van der Waals surface area contributed by atoms with Crippen molar-refractivity contribution in [3.63, 3.8) is 0 Å². The van der Waals surface area contributed by atoms with Crippen LogP contribution in [0, 0.1) is 0 Å². The molecule has 1 unspecified atom stereocenters. The van der Waals surface area contributed by atoms with E-state index in [0.717, 1.165) is 0 Å². The van der Waals surface area contributed by atoms with Crippen LogP contribution in [0.2, 0.25) is 0 Å². The standard InChI is InChI=1S/C21H28N4O5S/c1-21-8-7-18(26)25(21)17-6-4-3-5-16(17)20(28)24(21)15-19(27)23-11-9-22(10-12-23)13-14-31(2,29)30/h3-6H,7-15H2,1-2H3. The van der Waals surface area contributed by atoms with Gasteiger partial charge in [0.1, 0.15) is 22.0 Å². The highest BCUT2D eigenvalue weighted by Gasteiger charge is 2.53. The first-order valence-corrected chi connectivity index (χ1v) is 12.6. The molecule has 2 fully saturated rings. The summed E-state index contributed by atoms with van der Waals surface area (Å²) in [4.78, 5) is 45.9. The van der Waals surface area contributed by atoms with Crippen LogP contribution in [0.3, 0.4) is 0 Å². The van der Waals surface area contributed by atoms with Gasteiger partial charge < -0.3 is 9.80 Å². The van der Waals surface area contributed by atoms with Crippen molar-refractivity contribution in [3.8, 4) is 0 Å². The Labute approximate surface area is 182 Å². The molecule has 31 heavy (non-hydrogen) atoms. The van der Waals surface area contributed by atoms with E-state index in [0.29, 0.717) is 56.8 Å². The quantitative estimate of drug-likeness (QED) is 0.637. The second-order valence-electron chi connectivity index (χ2n) is 8.71. The van der Waals surface area contributed by atoms with E-state index >= 15 is 0 Å². The van der Waals surface area contributed by atoms with Gasteiger partial charge in [-0.2, -0.15) is 0 Å². The first kappa shape index (κ1) is 21.8. The smallest absolute Gasteiger partial charge is 0.258 e. The number of hydrogen-bond donors (Lipinski definition) is 0. The van der Waals surface area contributed by atoms with Crippen LogP contribution >= 0.6 is 0 Å². The van der Waals surface area contributed by atoms with Crippen LogP contribution in [0.1, 0.15) is 30.1 Å². The lowest BCUT2D eigenvalue weighted by molar-refractivity contribution is -0.135. The monoisotopic (exact) mass is 448 g/mol. The molecule has 0 bridgehead atoms. The number of carbonyl (C=O) groups excluding carboxylic acids is 3. The molecule has 1 aromatic carbocycles. The fourth-order valence-corrected chi connectivity index (χ4v) is 5.28. The van der Waals surface area contributed by atoms with Gasteiger partial charge in [0.25, 0.3) is 5.91 Å². The highest BCUT2D eigenvalue weighted by molar-refractivity contribution is 7.90. The average molecular weight is 449 g/mol. The van der Waals surface area contributed by atoms with Crippen molar-refractivity contribution >= 4 is 33.2 Å². The maximum atomic E-state index is 13.3. The third kappa shape index (κ3) is 4.06. The second kappa shape index (κ2) is 7.90. The number of carbonyl (C=O) groups is 3. The van der Waals surface area contributed by atoms with E-state index in [2.05, 4.69) is 0 Å². The van der Waals surface area contributed by atoms with Gasteiger partial charge in [0.15, 0.2) is 0 Å². The van der Waals surface area contributed by atoms with Gasteiger partial charge in [0, 0.05) is 45.4 Å². The highest BCUT2D eigenvalue weighted by atomic mass is 32.2. The molecular weight excluding hydrogens is 420 g/mol. The number of nitrogens with zero attached hydrogens (tertiary/aromatic N) is 4. The van der Waals surface area contributed by atoms with Crippen molar-refractivity contribution in [1.82, 2.24) is 14.7 Å². The Morgan fingerprint density at radius 3 is 2.45 bits per heavy atom. The molecule has 1 aromatic rings. The predicted octanol–water partition coefficient (Wildman–Crippen LogP) is 0.174. The Kier molecular flexibility index (Phi) is 5.55. The summed E-state index contributed by atoms with van der Waals surface area (Å²) in [5, 5.41) is 0. The third-order valence-corrected chi connectivity index (χ3v) is 7.47. The van der Waals surface area contributed by atoms with Gasteiger partial charge in [0.2, 0.25) is 11.8 Å². The molecule has 3 amide bonds. The average Bonchev–Trinajstić information content (AvgIpc) is 3.05. The molecule has 0 aliphatic carbocycles. The van der Waals surface area contributed by atoms with Gasteiger partial charge in [0.05, 0.1) is 17.0 Å². The zero-order chi connectivity index (χ0) is 22.4. The molecule has 0 N–H and O–H groups in total. The summed E-state index contributed by atoms with van der Waals surface area (Å²) in [7, 11) is -3.02. The van der Waals surface area contributed by atoms with Crippen LogP contribution in [-0.4, -0.2) is 97.8 Å². The number of anilines is 1. The van der Waals surface area contributed by atoms with E-state index in [1.807, 2.05) is 17.9 Å². The summed E-state index contributed by atoms with van der Waals surface area (Å²) in [6.07, 6.45) is 2.04. The van der Waals surface area contributed by atoms with Gasteiger partial charge in [-0.15, -0.1) is 0 Å². The Hall–Kier alpha value is -2.46. The van der Waals surface area contributed by atoms with Crippen LogP contribution in [0.4, 0.5) is 5.69 Å². The Morgan fingerprint density at radius 1 is 1.10 bits per heavy atom. The SMILES string of the molecule is CC12CCC(=O)N1c1ccccc1C(=O)N2CC(=O)N1CCN(CCS(C)(=O)=O)CC1. The molecule has 3 aliphatic rings. The number of benzene rings is 1. The van der Waals surface area contributed by atoms with Gasteiger partial charge in [-0.1, -0.05) is 12.1 Å². The van der Waals surface area contributed by atoms with E-state index in [1.165, 1.54) is 6.26 Å². The predicted molar refractivity (Wildman–Crippen MR) is 115 cm³/mol. The van der Waals surface area contributed by atoms with E-state index in [-0.39, 0.29) is 30.0 Å². The van der Waals surface area contributed by atoms with Crippen molar-refractivity contribution in [3.05, 3.63) is 29.8 Å². The Morgan fingerprint density at radius 2 is 1.77 bits per heavy atom. The zero-order valence-electron chi connectivity index (χ0n) is 17.9. The van der Waals surface area contributed by atoms with Crippen molar-refractivity contribution in [2.24, 2.45) is 0 Å². The fraction of sp³-hybridized carbons (Fsp3) is 0.571. The molecule has 4 rings (SSSR count).